The molecule has 0 aliphatic heterocycles. The quantitative estimate of drug-likeness (QED) is 0.469. The minimum absolute atomic E-state index is 0.0320. The van der Waals surface area contributed by atoms with Crippen molar-refractivity contribution in [3.05, 3.63) is 75.5 Å². The molecule has 0 aliphatic carbocycles. The fourth-order valence-corrected chi connectivity index (χ4v) is 3.62. The van der Waals surface area contributed by atoms with Crippen LogP contribution in [-0.4, -0.2) is 34.4 Å². The molecule has 1 amide bonds. The van der Waals surface area contributed by atoms with Gasteiger partial charge in [-0.3, -0.25) is 4.79 Å². The van der Waals surface area contributed by atoms with Crippen LogP contribution in [-0.2, 0) is 6.54 Å². The number of benzene rings is 2. The molecule has 3 rings (SSSR count). The summed E-state index contributed by atoms with van der Waals surface area (Å²) in [6, 6.07) is 10.5. The first-order valence-electron chi connectivity index (χ1n) is 8.86. The van der Waals surface area contributed by atoms with Crippen LogP contribution in [0.3, 0.4) is 0 Å². The Bertz CT molecular complexity index is 1170. The van der Waals surface area contributed by atoms with E-state index in [9.17, 15) is 27.6 Å². The molecule has 166 valence electrons. The van der Waals surface area contributed by atoms with Crippen LogP contribution in [0.4, 0.5) is 13.2 Å². The number of amides is 1. The zero-order valence-corrected chi connectivity index (χ0v) is 16.8. The van der Waals surface area contributed by atoms with Crippen molar-refractivity contribution in [2.24, 2.45) is 0 Å². The Labute approximate surface area is 182 Å². The van der Waals surface area contributed by atoms with Gasteiger partial charge in [-0.25, -0.2) is 9.59 Å². The lowest BCUT2D eigenvalue weighted by Gasteiger charge is -2.08. The molecular weight excluding hydrogens is 451 g/mol. The van der Waals surface area contributed by atoms with Gasteiger partial charge in [0.1, 0.15) is 5.75 Å². The van der Waals surface area contributed by atoms with Gasteiger partial charge in [-0.1, -0.05) is 18.2 Å². The molecule has 0 saturated carbocycles. The van der Waals surface area contributed by atoms with E-state index in [0.717, 1.165) is 17.4 Å². The molecular formula is C21H14F3NO6S. The monoisotopic (exact) mass is 465 g/mol. The van der Waals surface area contributed by atoms with Crippen LogP contribution in [0.2, 0.25) is 0 Å². The number of carboxylic acids is 2. The molecule has 2 aromatic carbocycles. The molecule has 32 heavy (non-hydrogen) atoms. The van der Waals surface area contributed by atoms with Gasteiger partial charge >= 0.3 is 18.3 Å². The van der Waals surface area contributed by atoms with Crippen molar-refractivity contribution in [3.63, 3.8) is 0 Å². The number of hydrogen-bond donors (Lipinski definition) is 3. The Morgan fingerprint density at radius 1 is 0.906 bits per heavy atom. The number of carbonyl (C=O) groups excluding carboxylic acids is 1. The van der Waals surface area contributed by atoms with Crippen molar-refractivity contribution in [2.75, 3.05) is 0 Å². The van der Waals surface area contributed by atoms with Gasteiger partial charge in [-0.2, -0.15) is 0 Å². The summed E-state index contributed by atoms with van der Waals surface area (Å²) in [6.07, 6.45) is -4.78. The molecule has 0 unspecified atom stereocenters. The van der Waals surface area contributed by atoms with E-state index in [2.05, 4.69) is 10.1 Å². The minimum atomic E-state index is -4.78. The molecule has 0 spiro atoms. The lowest BCUT2D eigenvalue weighted by molar-refractivity contribution is -0.274. The summed E-state index contributed by atoms with van der Waals surface area (Å²) in [5.41, 5.74) is 0.864. The Balaban J connectivity index is 1.67. The Kier molecular flexibility index (Phi) is 6.49. The van der Waals surface area contributed by atoms with E-state index >= 15 is 0 Å². The molecule has 7 nitrogen and oxygen atoms in total. The molecule has 1 aromatic heterocycles. The van der Waals surface area contributed by atoms with E-state index in [-0.39, 0.29) is 23.4 Å². The molecule has 11 heteroatoms. The van der Waals surface area contributed by atoms with E-state index in [0.29, 0.717) is 21.6 Å². The number of aromatic carboxylic acids is 2. The number of rotatable bonds is 7. The number of halogens is 3. The summed E-state index contributed by atoms with van der Waals surface area (Å²) in [5, 5.41) is 22.5. The van der Waals surface area contributed by atoms with Gasteiger partial charge in [0.05, 0.1) is 16.0 Å². The number of carbonyl (C=O) groups is 3. The number of carboxylic acid groups (broad SMARTS) is 2. The number of thiophene rings is 1. The SMILES string of the molecule is O=C(NCc1ccc(C(=O)O)c(C(=O)O)c1)c1cc(-c2ccc(OC(F)(F)F)cc2)cs1. The molecule has 0 aliphatic rings. The first-order chi connectivity index (χ1) is 15.0. The van der Waals surface area contributed by atoms with E-state index in [4.69, 9.17) is 10.2 Å². The van der Waals surface area contributed by atoms with Crippen LogP contribution < -0.4 is 10.1 Å². The van der Waals surface area contributed by atoms with E-state index in [1.807, 2.05) is 0 Å². The summed E-state index contributed by atoms with van der Waals surface area (Å²) in [5.74, 6) is -3.58. The predicted molar refractivity (Wildman–Crippen MR) is 108 cm³/mol. The van der Waals surface area contributed by atoms with Crippen LogP contribution in [0, 0.1) is 0 Å². The molecule has 1 heterocycles. The summed E-state index contributed by atoms with van der Waals surface area (Å²) in [7, 11) is 0. The molecule has 0 radical (unpaired) electrons. The maximum atomic E-state index is 12.4. The third kappa shape index (κ3) is 5.64. The van der Waals surface area contributed by atoms with Gasteiger partial charge in [-0.05, 0) is 52.4 Å². The Morgan fingerprint density at radius 2 is 1.56 bits per heavy atom. The van der Waals surface area contributed by atoms with Crippen molar-refractivity contribution < 1.29 is 42.5 Å². The Morgan fingerprint density at radius 3 is 2.16 bits per heavy atom. The molecule has 3 N–H and O–H groups in total. The Hall–Kier alpha value is -3.86. The predicted octanol–water partition coefficient (Wildman–Crippen LogP) is 4.64. The van der Waals surface area contributed by atoms with Crippen LogP contribution in [0.1, 0.15) is 36.0 Å². The highest BCUT2D eigenvalue weighted by atomic mass is 32.1. The molecule has 0 saturated heterocycles. The van der Waals surface area contributed by atoms with E-state index < -0.39 is 24.2 Å². The van der Waals surface area contributed by atoms with Crippen LogP contribution in [0.5, 0.6) is 5.75 Å². The first kappa shape index (κ1) is 22.8. The van der Waals surface area contributed by atoms with Crippen molar-refractivity contribution in [3.8, 4) is 16.9 Å². The van der Waals surface area contributed by atoms with E-state index in [1.165, 1.54) is 36.4 Å². The smallest absolute Gasteiger partial charge is 0.478 e. The largest absolute Gasteiger partial charge is 0.573 e. The second kappa shape index (κ2) is 9.10. The standard InChI is InChI=1S/C21H14F3NO6S/c22-21(23,24)31-14-4-2-12(3-5-14)13-8-17(32-10-13)18(26)25-9-11-1-6-15(19(27)28)16(7-11)20(29)30/h1-8,10H,9H2,(H,25,26)(H,27,28)(H,29,30). The molecule has 0 bridgehead atoms. The molecule has 0 atom stereocenters. The first-order valence-corrected chi connectivity index (χ1v) is 9.74. The maximum absolute atomic E-state index is 12.4. The van der Waals surface area contributed by atoms with Gasteiger partial charge < -0.3 is 20.3 Å². The fraction of sp³-hybridized carbons (Fsp3) is 0.0952. The minimum Gasteiger partial charge on any atom is -0.478 e. The van der Waals surface area contributed by atoms with E-state index in [1.54, 1.807) is 11.4 Å². The van der Waals surface area contributed by atoms with Crippen molar-refractivity contribution in [2.45, 2.75) is 12.9 Å². The second-order valence-corrected chi connectivity index (χ2v) is 7.36. The normalized spacial score (nSPS) is 11.1. The molecule has 0 fully saturated rings. The highest BCUT2D eigenvalue weighted by molar-refractivity contribution is 7.12. The lowest BCUT2D eigenvalue weighted by atomic mass is 10.0. The highest BCUT2D eigenvalue weighted by Gasteiger charge is 2.31. The van der Waals surface area contributed by atoms with Gasteiger partial charge in [0.25, 0.3) is 5.91 Å². The van der Waals surface area contributed by atoms with Crippen molar-refractivity contribution in [1.82, 2.24) is 5.32 Å². The number of nitrogens with one attached hydrogen (secondary N) is 1. The van der Waals surface area contributed by atoms with Gasteiger partial charge in [0.2, 0.25) is 0 Å². The summed E-state index contributed by atoms with van der Waals surface area (Å²) in [6.45, 7) is -0.0320. The second-order valence-electron chi connectivity index (χ2n) is 6.44. The van der Waals surface area contributed by atoms with Gasteiger partial charge in [-0.15, -0.1) is 24.5 Å². The van der Waals surface area contributed by atoms with Crippen LogP contribution >= 0.6 is 11.3 Å². The number of alkyl halides is 3. The summed E-state index contributed by atoms with van der Waals surface area (Å²) >= 11 is 1.12. The lowest BCUT2D eigenvalue weighted by Crippen LogP contribution is -2.22. The average molecular weight is 465 g/mol. The molecule has 3 aromatic rings. The highest BCUT2D eigenvalue weighted by Crippen LogP contribution is 2.29. The zero-order valence-electron chi connectivity index (χ0n) is 16.0. The van der Waals surface area contributed by atoms with Crippen LogP contribution in [0.15, 0.2) is 53.9 Å². The average Bonchev–Trinajstić information content (AvgIpc) is 3.21. The van der Waals surface area contributed by atoms with Crippen molar-refractivity contribution >= 4 is 29.2 Å². The summed E-state index contributed by atoms with van der Waals surface area (Å²) < 4.78 is 40.6. The third-order valence-electron chi connectivity index (χ3n) is 4.24. The third-order valence-corrected chi connectivity index (χ3v) is 5.17. The maximum Gasteiger partial charge on any atom is 0.573 e. The van der Waals surface area contributed by atoms with Crippen LogP contribution in [0.25, 0.3) is 11.1 Å². The zero-order chi connectivity index (χ0) is 23.5. The number of hydrogen-bond acceptors (Lipinski definition) is 5. The fourth-order valence-electron chi connectivity index (χ4n) is 2.79. The topological polar surface area (TPSA) is 113 Å². The van der Waals surface area contributed by atoms with Gasteiger partial charge in [0.15, 0.2) is 0 Å². The van der Waals surface area contributed by atoms with Gasteiger partial charge in [0, 0.05) is 6.54 Å². The number of ether oxygens (including phenoxy) is 1. The van der Waals surface area contributed by atoms with Crippen molar-refractivity contribution in [1.29, 1.82) is 0 Å². The summed E-state index contributed by atoms with van der Waals surface area (Å²) in [4.78, 5) is 35.1.